The Labute approximate surface area is 131 Å². The van der Waals surface area contributed by atoms with Crippen LogP contribution in [0.25, 0.3) is 0 Å². The van der Waals surface area contributed by atoms with Gasteiger partial charge < -0.3 is 10.1 Å². The number of hydrogen-bond donors (Lipinski definition) is 1. The highest BCUT2D eigenvalue weighted by molar-refractivity contribution is 7.98. The Hall–Kier alpha value is -1.45. The minimum Gasteiger partial charge on any atom is -0.496 e. The van der Waals surface area contributed by atoms with E-state index in [-0.39, 0.29) is 0 Å². The molecule has 0 heterocycles. The molecule has 0 aliphatic heterocycles. The molecule has 0 amide bonds. The van der Waals surface area contributed by atoms with Gasteiger partial charge in [-0.3, -0.25) is 0 Å². The molecule has 0 spiro atoms. The van der Waals surface area contributed by atoms with Gasteiger partial charge in [0.2, 0.25) is 0 Å². The van der Waals surface area contributed by atoms with Gasteiger partial charge >= 0.3 is 0 Å². The Kier molecular flexibility index (Phi) is 6.64. The van der Waals surface area contributed by atoms with Crippen molar-refractivity contribution in [2.45, 2.75) is 30.5 Å². The summed E-state index contributed by atoms with van der Waals surface area (Å²) in [5, 5.41) is 3.44. The number of para-hydroxylation sites is 1. The molecule has 0 atom stereocenters. The van der Waals surface area contributed by atoms with E-state index in [9.17, 15) is 0 Å². The van der Waals surface area contributed by atoms with Crippen molar-refractivity contribution in [3.63, 3.8) is 0 Å². The van der Waals surface area contributed by atoms with Gasteiger partial charge in [-0.2, -0.15) is 0 Å². The highest BCUT2D eigenvalue weighted by Gasteiger charge is 2.03. The Balaban J connectivity index is 1.95. The molecule has 21 heavy (non-hydrogen) atoms. The van der Waals surface area contributed by atoms with Crippen molar-refractivity contribution in [3.05, 3.63) is 59.7 Å². The lowest BCUT2D eigenvalue weighted by atomic mass is 10.2. The molecule has 0 fully saturated rings. The lowest BCUT2D eigenvalue weighted by Crippen LogP contribution is -2.13. The van der Waals surface area contributed by atoms with Gasteiger partial charge in [0.1, 0.15) is 5.75 Å². The van der Waals surface area contributed by atoms with Gasteiger partial charge in [0, 0.05) is 22.8 Å². The summed E-state index contributed by atoms with van der Waals surface area (Å²) in [5.41, 5.74) is 2.58. The zero-order valence-corrected chi connectivity index (χ0v) is 13.6. The molecule has 0 radical (unpaired) electrons. The average Bonchev–Trinajstić information content (AvgIpc) is 2.54. The molecule has 112 valence electrons. The van der Waals surface area contributed by atoms with E-state index in [1.54, 1.807) is 7.11 Å². The van der Waals surface area contributed by atoms with Crippen LogP contribution in [-0.2, 0) is 12.3 Å². The minimum absolute atomic E-state index is 0.926. The second-order valence-electron chi connectivity index (χ2n) is 4.92. The van der Waals surface area contributed by atoms with Crippen molar-refractivity contribution in [1.82, 2.24) is 5.32 Å². The highest BCUT2D eigenvalue weighted by Crippen LogP contribution is 2.28. The number of thioether (sulfide) groups is 1. The molecule has 1 N–H and O–H groups in total. The molecule has 2 aromatic rings. The second kappa shape index (κ2) is 8.75. The van der Waals surface area contributed by atoms with Crippen LogP contribution >= 0.6 is 11.8 Å². The van der Waals surface area contributed by atoms with E-state index in [0.29, 0.717) is 0 Å². The molecule has 0 aromatic heterocycles. The molecule has 0 unspecified atom stereocenters. The topological polar surface area (TPSA) is 21.3 Å². The average molecular weight is 301 g/mol. The molecule has 0 aliphatic carbocycles. The Morgan fingerprint density at radius 3 is 2.76 bits per heavy atom. The SMILES string of the molecule is CCCNCc1cccc(SCc2ccccc2OC)c1. The first-order chi connectivity index (χ1) is 10.3. The maximum absolute atomic E-state index is 5.40. The van der Waals surface area contributed by atoms with E-state index in [1.165, 1.54) is 22.4 Å². The molecule has 0 aliphatic rings. The monoisotopic (exact) mass is 301 g/mol. The normalized spacial score (nSPS) is 10.6. The van der Waals surface area contributed by atoms with E-state index < -0.39 is 0 Å². The fourth-order valence-corrected chi connectivity index (χ4v) is 3.11. The van der Waals surface area contributed by atoms with Crippen LogP contribution < -0.4 is 10.1 Å². The predicted octanol–water partition coefficient (Wildman–Crippen LogP) is 4.49. The first-order valence-corrected chi connectivity index (χ1v) is 8.36. The van der Waals surface area contributed by atoms with Crippen LogP contribution in [0.1, 0.15) is 24.5 Å². The van der Waals surface area contributed by atoms with Gasteiger partial charge in [-0.25, -0.2) is 0 Å². The number of ether oxygens (including phenoxy) is 1. The molecule has 3 heteroatoms. The second-order valence-corrected chi connectivity index (χ2v) is 5.97. The van der Waals surface area contributed by atoms with Gasteiger partial charge in [-0.15, -0.1) is 11.8 Å². The molecular weight excluding hydrogens is 278 g/mol. The summed E-state index contributed by atoms with van der Waals surface area (Å²) in [5.74, 6) is 1.89. The zero-order chi connectivity index (χ0) is 14.9. The first kappa shape index (κ1) is 15.9. The smallest absolute Gasteiger partial charge is 0.122 e. The largest absolute Gasteiger partial charge is 0.496 e. The Morgan fingerprint density at radius 2 is 1.95 bits per heavy atom. The lowest BCUT2D eigenvalue weighted by molar-refractivity contribution is 0.411. The predicted molar refractivity (Wildman–Crippen MR) is 91.0 cm³/mol. The third kappa shape index (κ3) is 5.10. The minimum atomic E-state index is 0.926. The van der Waals surface area contributed by atoms with Crippen LogP contribution in [-0.4, -0.2) is 13.7 Å². The van der Waals surface area contributed by atoms with Crippen molar-refractivity contribution in [1.29, 1.82) is 0 Å². The van der Waals surface area contributed by atoms with Crippen molar-refractivity contribution in [2.24, 2.45) is 0 Å². The van der Waals surface area contributed by atoms with E-state index in [4.69, 9.17) is 4.74 Å². The Bertz CT molecular complexity index is 556. The molecule has 0 saturated carbocycles. The van der Waals surface area contributed by atoms with Gasteiger partial charge in [0.15, 0.2) is 0 Å². The number of nitrogens with one attached hydrogen (secondary N) is 1. The van der Waals surface area contributed by atoms with Crippen molar-refractivity contribution in [3.8, 4) is 5.75 Å². The highest BCUT2D eigenvalue weighted by atomic mass is 32.2. The molecule has 2 rings (SSSR count). The van der Waals surface area contributed by atoms with Crippen molar-refractivity contribution >= 4 is 11.8 Å². The summed E-state index contributed by atoms with van der Waals surface area (Å²) >= 11 is 1.85. The number of hydrogen-bond acceptors (Lipinski definition) is 3. The van der Waals surface area contributed by atoms with E-state index in [1.807, 2.05) is 23.9 Å². The van der Waals surface area contributed by atoms with Gasteiger partial charge in [-0.05, 0) is 36.7 Å². The number of rotatable bonds is 8. The van der Waals surface area contributed by atoms with Gasteiger partial charge in [0.25, 0.3) is 0 Å². The lowest BCUT2D eigenvalue weighted by Gasteiger charge is -2.09. The van der Waals surface area contributed by atoms with E-state index in [2.05, 4.69) is 48.6 Å². The van der Waals surface area contributed by atoms with Crippen LogP contribution in [0, 0.1) is 0 Å². The quantitative estimate of drug-likeness (QED) is 0.573. The summed E-state index contributed by atoms with van der Waals surface area (Å²) in [6.45, 7) is 4.20. The van der Waals surface area contributed by atoms with E-state index in [0.717, 1.165) is 24.6 Å². The van der Waals surface area contributed by atoms with Crippen molar-refractivity contribution < 1.29 is 4.74 Å². The van der Waals surface area contributed by atoms with Crippen LogP contribution in [0.4, 0.5) is 0 Å². The summed E-state index contributed by atoms with van der Waals surface area (Å²) in [6.07, 6.45) is 1.17. The molecule has 2 nitrogen and oxygen atoms in total. The summed E-state index contributed by atoms with van der Waals surface area (Å²) < 4.78 is 5.40. The third-order valence-electron chi connectivity index (χ3n) is 3.24. The van der Waals surface area contributed by atoms with Gasteiger partial charge in [-0.1, -0.05) is 37.3 Å². The van der Waals surface area contributed by atoms with Crippen LogP contribution in [0.3, 0.4) is 0 Å². The number of methoxy groups -OCH3 is 1. The Morgan fingerprint density at radius 1 is 1.10 bits per heavy atom. The van der Waals surface area contributed by atoms with Crippen molar-refractivity contribution in [2.75, 3.05) is 13.7 Å². The van der Waals surface area contributed by atoms with Crippen LogP contribution in [0.2, 0.25) is 0 Å². The van der Waals surface area contributed by atoms with Gasteiger partial charge in [0.05, 0.1) is 7.11 Å². The van der Waals surface area contributed by atoms with E-state index >= 15 is 0 Å². The summed E-state index contributed by atoms with van der Waals surface area (Å²) in [6, 6.07) is 16.9. The molecular formula is C18H23NOS. The standard InChI is InChI=1S/C18H23NOS/c1-3-11-19-13-15-7-6-9-17(12-15)21-14-16-8-4-5-10-18(16)20-2/h4-10,12,19H,3,11,13-14H2,1-2H3. The molecule has 0 saturated heterocycles. The first-order valence-electron chi connectivity index (χ1n) is 7.38. The maximum atomic E-state index is 5.40. The fraction of sp³-hybridized carbons (Fsp3) is 0.333. The molecule has 0 bridgehead atoms. The summed E-state index contributed by atoms with van der Waals surface area (Å²) in [7, 11) is 1.73. The fourth-order valence-electron chi connectivity index (χ4n) is 2.14. The van der Waals surface area contributed by atoms with Crippen LogP contribution in [0.15, 0.2) is 53.4 Å². The number of benzene rings is 2. The zero-order valence-electron chi connectivity index (χ0n) is 12.8. The molecule has 2 aromatic carbocycles. The van der Waals surface area contributed by atoms with Crippen LogP contribution in [0.5, 0.6) is 5.75 Å². The third-order valence-corrected chi connectivity index (χ3v) is 4.28. The summed E-state index contributed by atoms with van der Waals surface area (Å²) in [4.78, 5) is 1.30. The maximum Gasteiger partial charge on any atom is 0.122 e.